The van der Waals surface area contributed by atoms with Crippen LogP contribution in [-0.2, 0) is 10.2 Å². The van der Waals surface area contributed by atoms with Crippen LogP contribution in [0.1, 0.15) is 22.3 Å². The number of carbonyl (C=O) groups is 1. The van der Waals surface area contributed by atoms with E-state index in [9.17, 15) is 9.90 Å². The number of rotatable bonds is 3. The Morgan fingerprint density at radius 3 is 2.29 bits per heavy atom. The smallest absolute Gasteiger partial charge is 0.244 e. The fourth-order valence-electron chi connectivity index (χ4n) is 3.73. The molecular formula is C22H14N4O2. The van der Waals surface area contributed by atoms with Crippen molar-refractivity contribution in [2.45, 2.75) is 5.41 Å². The van der Waals surface area contributed by atoms with Crippen LogP contribution in [-0.4, -0.2) is 11.0 Å². The Morgan fingerprint density at radius 1 is 1.04 bits per heavy atom. The van der Waals surface area contributed by atoms with Crippen molar-refractivity contribution < 1.29 is 9.90 Å². The lowest BCUT2D eigenvalue weighted by atomic mass is 9.70. The van der Waals surface area contributed by atoms with Gasteiger partial charge in [0.1, 0.15) is 11.2 Å². The van der Waals surface area contributed by atoms with E-state index in [1.54, 1.807) is 54.6 Å². The molecule has 0 saturated heterocycles. The molecule has 2 N–H and O–H groups in total. The number of nitrogens with zero attached hydrogens (tertiary/aromatic N) is 3. The third-order valence-electron chi connectivity index (χ3n) is 4.96. The molecule has 3 aromatic carbocycles. The fraction of sp³-hybridized carbons (Fsp3) is 0.0455. The predicted molar refractivity (Wildman–Crippen MR) is 106 cm³/mol. The van der Waals surface area contributed by atoms with Gasteiger partial charge in [-0.2, -0.15) is 0 Å². The zero-order valence-electron chi connectivity index (χ0n) is 14.6. The number of carbonyl (C=O) groups excluding carboxylic acids is 1. The molecule has 0 spiro atoms. The van der Waals surface area contributed by atoms with E-state index in [4.69, 9.17) is 12.0 Å². The number of amides is 1. The topological polar surface area (TPSA) is 98.1 Å². The van der Waals surface area contributed by atoms with Crippen molar-refractivity contribution in [3.05, 3.63) is 99.4 Å². The highest BCUT2D eigenvalue weighted by Crippen LogP contribution is 2.49. The van der Waals surface area contributed by atoms with Crippen LogP contribution in [0.4, 0.5) is 11.4 Å². The summed E-state index contributed by atoms with van der Waals surface area (Å²) in [6.07, 6.45) is 5.63. The van der Waals surface area contributed by atoms with Crippen molar-refractivity contribution in [2.24, 2.45) is 5.11 Å². The highest BCUT2D eigenvalue weighted by Gasteiger charge is 2.50. The van der Waals surface area contributed by atoms with E-state index in [-0.39, 0.29) is 11.7 Å². The minimum atomic E-state index is -1.15. The molecule has 0 saturated carbocycles. The van der Waals surface area contributed by atoms with Crippen molar-refractivity contribution in [1.82, 2.24) is 0 Å². The molecule has 3 aromatic rings. The first-order chi connectivity index (χ1) is 13.6. The van der Waals surface area contributed by atoms with Gasteiger partial charge in [-0.15, -0.1) is 6.42 Å². The molecule has 0 radical (unpaired) electrons. The first-order valence-electron chi connectivity index (χ1n) is 8.48. The number of nitrogens with one attached hydrogen (secondary N) is 1. The van der Waals surface area contributed by atoms with Crippen LogP contribution in [0.15, 0.2) is 71.8 Å². The monoisotopic (exact) mass is 366 g/mol. The maximum absolute atomic E-state index is 13.4. The molecule has 0 fully saturated rings. The number of fused-ring (bicyclic) bond motifs is 1. The second-order valence-corrected chi connectivity index (χ2v) is 6.36. The molecule has 0 aliphatic carbocycles. The summed E-state index contributed by atoms with van der Waals surface area (Å²) in [6.45, 7) is 0. The average Bonchev–Trinajstić information content (AvgIpc) is 3.02. The molecule has 6 nitrogen and oxygen atoms in total. The highest BCUT2D eigenvalue weighted by atomic mass is 16.3. The van der Waals surface area contributed by atoms with E-state index in [1.165, 1.54) is 0 Å². The van der Waals surface area contributed by atoms with Gasteiger partial charge in [-0.05, 0) is 34.9 Å². The second kappa shape index (κ2) is 6.51. The second-order valence-electron chi connectivity index (χ2n) is 6.36. The number of anilines is 1. The molecular weight excluding hydrogens is 352 g/mol. The van der Waals surface area contributed by atoms with Crippen LogP contribution in [0.25, 0.3) is 10.4 Å². The fourth-order valence-corrected chi connectivity index (χ4v) is 3.73. The molecule has 1 amide bonds. The largest absolute Gasteiger partial charge is 0.508 e. The molecule has 28 heavy (non-hydrogen) atoms. The lowest BCUT2D eigenvalue weighted by Crippen LogP contribution is -2.36. The Bertz CT molecular complexity index is 1170. The molecule has 1 heterocycles. The van der Waals surface area contributed by atoms with E-state index in [0.717, 1.165) is 5.56 Å². The summed E-state index contributed by atoms with van der Waals surface area (Å²) in [5.74, 6) is 2.48. The minimum Gasteiger partial charge on any atom is -0.508 e. The first kappa shape index (κ1) is 17.2. The van der Waals surface area contributed by atoms with E-state index in [2.05, 4.69) is 21.3 Å². The molecule has 0 aromatic heterocycles. The van der Waals surface area contributed by atoms with Gasteiger partial charge in [-0.1, -0.05) is 59.6 Å². The van der Waals surface area contributed by atoms with Crippen LogP contribution in [0.2, 0.25) is 0 Å². The standard InChI is InChI=1S/C22H14N4O2/c1-2-14-4-3-5-19-20(14)24-21(28)22(19,16-8-12-18(27)13-9-16)15-6-10-17(11-7-15)25-26-23/h1,3-13,27H,(H,24,28)/t22-/m1/s1. The van der Waals surface area contributed by atoms with Gasteiger partial charge in [0.05, 0.1) is 5.69 Å². The summed E-state index contributed by atoms with van der Waals surface area (Å²) in [5.41, 5.74) is 11.2. The third-order valence-corrected chi connectivity index (χ3v) is 4.96. The molecule has 4 rings (SSSR count). The van der Waals surface area contributed by atoms with Crippen molar-refractivity contribution >= 4 is 17.3 Å². The van der Waals surface area contributed by atoms with Crippen LogP contribution in [0.3, 0.4) is 0 Å². The normalized spacial score (nSPS) is 17.2. The summed E-state index contributed by atoms with van der Waals surface area (Å²) in [6, 6.07) is 18.8. The molecule has 1 aliphatic rings. The Morgan fingerprint density at radius 2 is 1.68 bits per heavy atom. The number of hydrogen-bond acceptors (Lipinski definition) is 3. The van der Waals surface area contributed by atoms with E-state index >= 15 is 0 Å². The van der Waals surface area contributed by atoms with Gasteiger partial charge in [0.15, 0.2) is 0 Å². The average molecular weight is 366 g/mol. The number of phenolic OH excluding ortho intramolecular Hbond substituents is 1. The molecule has 0 bridgehead atoms. The number of hydrogen-bond donors (Lipinski definition) is 2. The zero-order valence-corrected chi connectivity index (χ0v) is 14.6. The minimum absolute atomic E-state index is 0.105. The number of benzene rings is 3. The van der Waals surface area contributed by atoms with Gasteiger partial charge in [0.25, 0.3) is 0 Å². The van der Waals surface area contributed by atoms with Gasteiger partial charge in [-0.25, -0.2) is 0 Å². The van der Waals surface area contributed by atoms with Crippen molar-refractivity contribution in [2.75, 3.05) is 5.32 Å². The lowest BCUT2D eigenvalue weighted by Gasteiger charge is -2.29. The molecule has 0 unspecified atom stereocenters. The summed E-state index contributed by atoms with van der Waals surface area (Å²) in [7, 11) is 0. The molecule has 134 valence electrons. The predicted octanol–water partition coefficient (Wildman–Crippen LogP) is 4.60. The number of phenols is 1. The maximum atomic E-state index is 13.4. The zero-order chi connectivity index (χ0) is 19.7. The van der Waals surface area contributed by atoms with Gasteiger partial charge < -0.3 is 10.4 Å². The Hall–Kier alpha value is -4.20. The Labute approximate surface area is 161 Å². The molecule has 1 atom stereocenters. The van der Waals surface area contributed by atoms with E-state index in [1.807, 2.05) is 12.1 Å². The summed E-state index contributed by atoms with van der Waals surface area (Å²) < 4.78 is 0. The lowest BCUT2D eigenvalue weighted by molar-refractivity contribution is -0.118. The van der Waals surface area contributed by atoms with Crippen molar-refractivity contribution in [3.8, 4) is 18.1 Å². The van der Waals surface area contributed by atoms with Gasteiger partial charge >= 0.3 is 0 Å². The quantitative estimate of drug-likeness (QED) is 0.306. The Kier molecular flexibility index (Phi) is 4.00. The van der Waals surface area contributed by atoms with Gasteiger partial charge in [0.2, 0.25) is 5.91 Å². The number of terminal acetylenes is 1. The first-order valence-corrected chi connectivity index (χ1v) is 8.48. The summed E-state index contributed by atoms with van der Waals surface area (Å²) >= 11 is 0. The maximum Gasteiger partial charge on any atom is 0.244 e. The van der Waals surface area contributed by atoms with Gasteiger partial charge in [0, 0.05) is 21.7 Å². The summed E-state index contributed by atoms with van der Waals surface area (Å²) in [5, 5.41) is 16.2. The third kappa shape index (κ3) is 2.39. The number of azide groups is 1. The number of para-hydroxylation sites is 1. The van der Waals surface area contributed by atoms with E-state index < -0.39 is 5.41 Å². The number of aromatic hydroxyl groups is 1. The highest BCUT2D eigenvalue weighted by molar-refractivity contribution is 6.12. The molecule has 6 heteroatoms. The summed E-state index contributed by atoms with van der Waals surface area (Å²) in [4.78, 5) is 16.2. The van der Waals surface area contributed by atoms with Crippen LogP contribution in [0.5, 0.6) is 5.75 Å². The van der Waals surface area contributed by atoms with Crippen LogP contribution >= 0.6 is 0 Å². The van der Waals surface area contributed by atoms with Crippen LogP contribution in [0, 0.1) is 12.3 Å². The Balaban J connectivity index is 2.05. The SMILES string of the molecule is C#Cc1cccc2c1NC(=O)[C@@]2(c1ccc(O)cc1)c1ccc(N=[N+]=[N-])cc1. The van der Waals surface area contributed by atoms with Crippen molar-refractivity contribution in [3.63, 3.8) is 0 Å². The van der Waals surface area contributed by atoms with Crippen LogP contribution < -0.4 is 5.32 Å². The van der Waals surface area contributed by atoms with Crippen molar-refractivity contribution in [1.29, 1.82) is 0 Å². The van der Waals surface area contributed by atoms with Gasteiger partial charge in [-0.3, -0.25) is 4.79 Å². The molecule has 1 aliphatic heterocycles. The van der Waals surface area contributed by atoms with E-state index in [0.29, 0.717) is 28.1 Å².